The van der Waals surface area contributed by atoms with Gasteiger partial charge >= 0.3 is 0 Å². The predicted molar refractivity (Wildman–Crippen MR) is 109 cm³/mol. The topological polar surface area (TPSA) is 94.2 Å². The van der Waals surface area contributed by atoms with Gasteiger partial charge in [0.05, 0.1) is 41.5 Å². The van der Waals surface area contributed by atoms with E-state index in [0.29, 0.717) is 16.9 Å². The van der Waals surface area contributed by atoms with Crippen molar-refractivity contribution in [3.8, 4) is 0 Å². The van der Waals surface area contributed by atoms with Crippen molar-refractivity contribution in [1.29, 1.82) is 0 Å². The summed E-state index contributed by atoms with van der Waals surface area (Å²) in [6.07, 6.45) is 8.34. The van der Waals surface area contributed by atoms with Crippen molar-refractivity contribution in [2.45, 2.75) is 27.3 Å². The molecule has 0 unspecified atom stereocenters. The lowest BCUT2D eigenvalue weighted by molar-refractivity contribution is 0.102. The fourth-order valence-electron chi connectivity index (χ4n) is 3.11. The van der Waals surface area contributed by atoms with Crippen LogP contribution >= 0.6 is 0 Å². The second-order valence-electron chi connectivity index (χ2n) is 7.00. The Kier molecular flexibility index (Phi) is 4.67. The summed E-state index contributed by atoms with van der Waals surface area (Å²) in [7, 11) is 0. The van der Waals surface area contributed by atoms with Gasteiger partial charge in [-0.3, -0.25) is 19.6 Å². The number of nitrogens with zero attached hydrogens (tertiary/aromatic N) is 5. The zero-order valence-corrected chi connectivity index (χ0v) is 16.4. The van der Waals surface area contributed by atoms with Crippen LogP contribution in [0.15, 0.2) is 54.0 Å². The summed E-state index contributed by atoms with van der Waals surface area (Å²) in [6, 6.07) is 5.60. The van der Waals surface area contributed by atoms with Gasteiger partial charge in [0.25, 0.3) is 11.5 Å². The van der Waals surface area contributed by atoms with Crippen LogP contribution in [0.5, 0.6) is 0 Å². The molecule has 8 nitrogen and oxygen atoms in total. The van der Waals surface area contributed by atoms with Gasteiger partial charge in [0.1, 0.15) is 5.56 Å². The SMILES string of the molecule is Cc1ccn2ncc(NC(=O)c3c(C)ccn(Cc4cnc(C)cn4)c3=O)c2c1. The summed E-state index contributed by atoms with van der Waals surface area (Å²) >= 11 is 0. The van der Waals surface area contributed by atoms with E-state index in [4.69, 9.17) is 0 Å². The highest BCUT2D eigenvalue weighted by molar-refractivity contribution is 6.06. The maximum absolute atomic E-state index is 13.0. The molecule has 0 aromatic carbocycles. The van der Waals surface area contributed by atoms with Crippen molar-refractivity contribution in [3.63, 3.8) is 0 Å². The van der Waals surface area contributed by atoms with Gasteiger partial charge in [-0.25, -0.2) is 4.52 Å². The fourth-order valence-corrected chi connectivity index (χ4v) is 3.11. The largest absolute Gasteiger partial charge is 0.319 e. The minimum absolute atomic E-state index is 0.0968. The minimum Gasteiger partial charge on any atom is -0.319 e. The molecule has 4 aromatic heterocycles. The van der Waals surface area contributed by atoms with Gasteiger partial charge in [0, 0.05) is 18.6 Å². The van der Waals surface area contributed by atoms with Gasteiger partial charge < -0.3 is 9.88 Å². The van der Waals surface area contributed by atoms with Gasteiger partial charge in [-0.1, -0.05) is 0 Å². The highest BCUT2D eigenvalue weighted by Crippen LogP contribution is 2.18. The van der Waals surface area contributed by atoms with Gasteiger partial charge in [-0.15, -0.1) is 0 Å². The normalized spacial score (nSPS) is 11.0. The first kappa shape index (κ1) is 18.5. The lowest BCUT2D eigenvalue weighted by Gasteiger charge is -2.11. The Labute approximate surface area is 166 Å². The summed E-state index contributed by atoms with van der Waals surface area (Å²) in [5, 5.41) is 7.06. The molecule has 1 amide bonds. The average Bonchev–Trinajstić information content (AvgIpc) is 3.08. The number of amides is 1. The zero-order valence-electron chi connectivity index (χ0n) is 16.4. The number of aryl methyl sites for hydroxylation is 3. The first-order valence-corrected chi connectivity index (χ1v) is 9.15. The quantitative estimate of drug-likeness (QED) is 0.580. The molecule has 0 atom stereocenters. The smallest absolute Gasteiger partial charge is 0.264 e. The number of nitrogens with one attached hydrogen (secondary N) is 1. The average molecular weight is 388 g/mol. The molecule has 0 spiro atoms. The maximum atomic E-state index is 13.0. The van der Waals surface area contributed by atoms with Crippen LogP contribution in [-0.4, -0.2) is 30.1 Å². The van der Waals surface area contributed by atoms with Gasteiger partial charge in [-0.05, 0) is 50.1 Å². The predicted octanol–water partition coefficient (Wildman–Crippen LogP) is 2.51. The number of rotatable bonds is 4. The molecule has 1 N–H and O–H groups in total. The molecule has 4 heterocycles. The van der Waals surface area contributed by atoms with Crippen LogP contribution in [0.4, 0.5) is 5.69 Å². The summed E-state index contributed by atoms with van der Waals surface area (Å²) in [5.74, 6) is -0.465. The van der Waals surface area contributed by atoms with Crippen LogP contribution in [0.1, 0.15) is 32.9 Å². The number of aromatic nitrogens is 5. The van der Waals surface area contributed by atoms with Crippen molar-refractivity contribution in [2.75, 3.05) is 5.32 Å². The lowest BCUT2D eigenvalue weighted by Crippen LogP contribution is -2.30. The molecule has 0 aliphatic rings. The molecule has 0 saturated heterocycles. The number of anilines is 1. The van der Waals surface area contributed by atoms with Crippen LogP contribution in [-0.2, 0) is 6.54 Å². The standard InChI is InChI=1S/C21H20N6O2/c1-13-4-7-27-18(8-13)17(11-24-27)25-20(28)19-14(2)5-6-26(21(19)29)12-16-10-22-15(3)9-23-16/h4-11H,12H2,1-3H3,(H,25,28). The zero-order chi connectivity index (χ0) is 20.5. The number of hydrogen-bond donors (Lipinski definition) is 1. The molecule has 0 bridgehead atoms. The highest BCUT2D eigenvalue weighted by Gasteiger charge is 2.18. The first-order valence-electron chi connectivity index (χ1n) is 9.15. The van der Waals surface area contributed by atoms with Gasteiger partial charge in [-0.2, -0.15) is 5.10 Å². The number of fused-ring (bicyclic) bond motifs is 1. The fraction of sp³-hybridized carbons (Fsp3) is 0.190. The Morgan fingerprint density at radius 3 is 2.66 bits per heavy atom. The number of carbonyl (C=O) groups is 1. The van der Waals surface area contributed by atoms with Crippen LogP contribution in [0, 0.1) is 20.8 Å². The Balaban J connectivity index is 1.66. The van der Waals surface area contributed by atoms with E-state index in [1.807, 2.05) is 32.2 Å². The van der Waals surface area contributed by atoms with Crippen LogP contribution in [0.25, 0.3) is 5.52 Å². The lowest BCUT2D eigenvalue weighted by atomic mass is 10.1. The van der Waals surface area contributed by atoms with Crippen molar-refractivity contribution in [3.05, 3.63) is 87.6 Å². The van der Waals surface area contributed by atoms with E-state index in [0.717, 1.165) is 16.8 Å². The van der Waals surface area contributed by atoms with Crippen molar-refractivity contribution < 1.29 is 4.79 Å². The maximum Gasteiger partial charge on any atom is 0.264 e. The van der Waals surface area contributed by atoms with Crippen molar-refractivity contribution >= 4 is 17.1 Å². The molecule has 4 aromatic rings. The van der Waals surface area contributed by atoms with Gasteiger partial charge in [0.2, 0.25) is 0 Å². The molecular weight excluding hydrogens is 368 g/mol. The molecule has 0 aliphatic carbocycles. The highest BCUT2D eigenvalue weighted by atomic mass is 16.2. The van der Waals surface area contributed by atoms with E-state index in [1.165, 1.54) is 4.57 Å². The Bertz CT molecular complexity index is 1270. The Morgan fingerprint density at radius 1 is 1.07 bits per heavy atom. The molecule has 4 rings (SSSR count). The molecule has 0 radical (unpaired) electrons. The van der Waals surface area contributed by atoms with E-state index in [1.54, 1.807) is 42.3 Å². The van der Waals surface area contributed by atoms with E-state index in [9.17, 15) is 9.59 Å². The summed E-state index contributed by atoms with van der Waals surface area (Å²) in [6.45, 7) is 5.79. The molecular formula is C21H20N6O2. The molecule has 0 saturated carbocycles. The number of carbonyl (C=O) groups excluding carboxylic acids is 1. The molecule has 0 fully saturated rings. The van der Waals surface area contributed by atoms with Crippen molar-refractivity contribution in [2.24, 2.45) is 0 Å². The third kappa shape index (κ3) is 3.64. The Morgan fingerprint density at radius 2 is 1.90 bits per heavy atom. The van der Waals surface area contributed by atoms with Crippen LogP contribution < -0.4 is 10.9 Å². The summed E-state index contributed by atoms with van der Waals surface area (Å²) in [5.41, 5.74) is 4.13. The van der Waals surface area contributed by atoms with E-state index < -0.39 is 5.91 Å². The third-order valence-corrected chi connectivity index (χ3v) is 4.69. The number of hydrogen-bond acceptors (Lipinski definition) is 5. The molecule has 29 heavy (non-hydrogen) atoms. The van der Waals surface area contributed by atoms with Crippen LogP contribution in [0.2, 0.25) is 0 Å². The van der Waals surface area contributed by atoms with Gasteiger partial charge in [0.15, 0.2) is 0 Å². The molecule has 146 valence electrons. The summed E-state index contributed by atoms with van der Waals surface area (Å²) in [4.78, 5) is 34.4. The second kappa shape index (κ2) is 7.31. The molecule has 0 aliphatic heterocycles. The van der Waals surface area contributed by atoms with E-state index in [-0.39, 0.29) is 17.7 Å². The van der Waals surface area contributed by atoms with E-state index in [2.05, 4.69) is 20.4 Å². The number of pyridine rings is 2. The van der Waals surface area contributed by atoms with E-state index >= 15 is 0 Å². The summed E-state index contributed by atoms with van der Waals surface area (Å²) < 4.78 is 3.14. The Hall–Kier alpha value is -3.81. The van der Waals surface area contributed by atoms with Crippen molar-refractivity contribution in [1.82, 2.24) is 24.1 Å². The second-order valence-corrected chi connectivity index (χ2v) is 7.00. The first-order chi connectivity index (χ1) is 13.9. The van der Waals surface area contributed by atoms with Crippen LogP contribution in [0.3, 0.4) is 0 Å². The third-order valence-electron chi connectivity index (χ3n) is 4.69. The molecule has 8 heteroatoms. The monoisotopic (exact) mass is 388 g/mol. The minimum atomic E-state index is -0.465.